The van der Waals surface area contributed by atoms with E-state index in [0.29, 0.717) is 23.8 Å². The molecule has 0 fully saturated rings. The minimum Gasteiger partial charge on any atom is -0.459 e. The predicted octanol–water partition coefficient (Wildman–Crippen LogP) is 4.91. The maximum absolute atomic E-state index is 12.6. The van der Waals surface area contributed by atoms with Gasteiger partial charge in [0.25, 0.3) is 5.91 Å². The standard InChI is InChI=1S/C22H21F3N4O3.HI/c1-26-21(28-14-16-5-2-3-6-18(16)32-22(23,24)25)27-13-15-8-10-17(11-9-15)29-20(30)19-7-4-12-31-19;/h2-12H,13-14H2,1H3,(H,29,30)(H2,26,27,28);1H. The lowest BCUT2D eigenvalue weighted by Crippen LogP contribution is -2.36. The number of halogens is 4. The van der Waals surface area contributed by atoms with E-state index in [1.807, 2.05) is 12.1 Å². The Balaban J connectivity index is 0.00000385. The van der Waals surface area contributed by atoms with Crippen LogP contribution in [0.2, 0.25) is 0 Å². The van der Waals surface area contributed by atoms with Crippen LogP contribution in [0.3, 0.4) is 0 Å². The van der Waals surface area contributed by atoms with Crippen molar-refractivity contribution in [2.75, 3.05) is 12.4 Å². The molecule has 3 aromatic rings. The number of hydrogen-bond donors (Lipinski definition) is 3. The quantitative estimate of drug-likeness (QED) is 0.212. The smallest absolute Gasteiger partial charge is 0.459 e. The van der Waals surface area contributed by atoms with E-state index in [9.17, 15) is 18.0 Å². The van der Waals surface area contributed by atoms with E-state index in [0.717, 1.165) is 5.56 Å². The molecule has 1 amide bonds. The zero-order chi connectivity index (χ0) is 23.0. The van der Waals surface area contributed by atoms with E-state index in [-0.39, 0.29) is 47.9 Å². The second-order valence-electron chi connectivity index (χ2n) is 6.56. The molecule has 11 heteroatoms. The Morgan fingerprint density at radius 2 is 1.70 bits per heavy atom. The first-order chi connectivity index (χ1) is 15.3. The second kappa shape index (κ2) is 12.1. The molecular weight excluding hydrogens is 552 g/mol. The summed E-state index contributed by atoms with van der Waals surface area (Å²) in [5.74, 6) is 0.00485. The summed E-state index contributed by atoms with van der Waals surface area (Å²) in [5.41, 5.74) is 1.85. The van der Waals surface area contributed by atoms with Crippen LogP contribution in [0.15, 0.2) is 76.3 Å². The van der Waals surface area contributed by atoms with Crippen LogP contribution in [0.5, 0.6) is 5.75 Å². The van der Waals surface area contributed by atoms with E-state index in [1.165, 1.54) is 24.5 Å². The summed E-state index contributed by atoms with van der Waals surface area (Å²) >= 11 is 0. The molecule has 0 saturated heterocycles. The summed E-state index contributed by atoms with van der Waals surface area (Å²) < 4.78 is 46.8. The third-order valence-corrected chi connectivity index (χ3v) is 4.28. The number of rotatable bonds is 7. The van der Waals surface area contributed by atoms with Crippen molar-refractivity contribution in [1.82, 2.24) is 10.6 Å². The van der Waals surface area contributed by atoms with Crippen LogP contribution in [0, 0.1) is 0 Å². The average Bonchev–Trinajstić information content (AvgIpc) is 3.30. The van der Waals surface area contributed by atoms with Gasteiger partial charge in [-0.25, -0.2) is 0 Å². The lowest BCUT2D eigenvalue weighted by Gasteiger charge is -2.15. The van der Waals surface area contributed by atoms with Crippen LogP contribution in [0.4, 0.5) is 18.9 Å². The van der Waals surface area contributed by atoms with Gasteiger partial charge in [-0.15, -0.1) is 37.1 Å². The fourth-order valence-corrected chi connectivity index (χ4v) is 2.77. The molecule has 3 N–H and O–H groups in total. The molecule has 0 saturated carbocycles. The molecule has 0 bridgehead atoms. The van der Waals surface area contributed by atoms with Crippen LogP contribution in [-0.2, 0) is 13.1 Å². The van der Waals surface area contributed by atoms with Gasteiger partial charge in [-0.05, 0) is 35.9 Å². The lowest BCUT2D eigenvalue weighted by atomic mass is 10.2. The van der Waals surface area contributed by atoms with Gasteiger partial charge < -0.3 is 25.1 Å². The Morgan fingerprint density at radius 3 is 2.33 bits per heavy atom. The van der Waals surface area contributed by atoms with Gasteiger partial charge >= 0.3 is 6.36 Å². The van der Waals surface area contributed by atoms with E-state index < -0.39 is 6.36 Å². The Hall–Kier alpha value is -3.22. The summed E-state index contributed by atoms with van der Waals surface area (Å²) in [4.78, 5) is 16.1. The Morgan fingerprint density at radius 1 is 1.00 bits per heavy atom. The SMILES string of the molecule is CN=C(NCc1ccc(NC(=O)c2ccco2)cc1)NCc1ccccc1OC(F)(F)F.I. The maximum atomic E-state index is 12.6. The Labute approximate surface area is 205 Å². The summed E-state index contributed by atoms with van der Waals surface area (Å²) in [6.45, 7) is 0.496. The molecule has 7 nitrogen and oxygen atoms in total. The number of nitrogens with one attached hydrogen (secondary N) is 3. The van der Waals surface area contributed by atoms with Gasteiger partial charge in [0.05, 0.1) is 6.26 Å². The summed E-state index contributed by atoms with van der Waals surface area (Å²) in [7, 11) is 1.56. The highest BCUT2D eigenvalue weighted by atomic mass is 127. The molecule has 33 heavy (non-hydrogen) atoms. The molecule has 1 aromatic heterocycles. The van der Waals surface area contributed by atoms with Gasteiger partial charge in [0.15, 0.2) is 11.7 Å². The molecule has 0 aliphatic carbocycles. The molecule has 0 unspecified atom stereocenters. The van der Waals surface area contributed by atoms with Crippen LogP contribution in [0.1, 0.15) is 21.7 Å². The molecule has 0 spiro atoms. The summed E-state index contributed by atoms with van der Waals surface area (Å²) in [6.07, 6.45) is -3.34. The first-order valence-electron chi connectivity index (χ1n) is 9.56. The second-order valence-corrected chi connectivity index (χ2v) is 6.56. The van der Waals surface area contributed by atoms with Gasteiger partial charge in [-0.3, -0.25) is 9.79 Å². The zero-order valence-corrected chi connectivity index (χ0v) is 19.8. The minimum atomic E-state index is -4.76. The number of furan rings is 1. The summed E-state index contributed by atoms with van der Waals surface area (Å²) in [6, 6.07) is 16.2. The van der Waals surface area contributed by atoms with Crippen LogP contribution in [0.25, 0.3) is 0 Å². The Bertz CT molecular complexity index is 1060. The maximum Gasteiger partial charge on any atom is 0.573 e. The van der Waals surface area contributed by atoms with Crippen molar-refractivity contribution in [3.63, 3.8) is 0 Å². The monoisotopic (exact) mass is 574 g/mol. The van der Waals surface area contributed by atoms with E-state index >= 15 is 0 Å². The van der Waals surface area contributed by atoms with Crippen molar-refractivity contribution in [1.29, 1.82) is 0 Å². The van der Waals surface area contributed by atoms with Gasteiger partial charge in [0, 0.05) is 31.4 Å². The molecular formula is C22H22F3IN4O3. The number of carbonyl (C=O) groups is 1. The third kappa shape index (κ3) is 8.33. The first kappa shape index (κ1) is 26.0. The van der Waals surface area contributed by atoms with Crippen molar-refractivity contribution in [3.8, 4) is 5.75 Å². The van der Waals surface area contributed by atoms with Crippen molar-refractivity contribution in [2.24, 2.45) is 4.99 Å². The molecule has 0 atom stereocenters. The number of hydrogen-bond acceptors (Lipinski definition) is 4. The van der Waals surface area contributed by atoms with Gasteiger partial charge in [-0.1, -0.05) is 30.3 Å². The van der Waals surface area contributed by atoms with Crippen molar-refractivity contribution in [2.45, 2.75) is 19.5 Å². The van der Waals surface area contributed by atoms with Crippen molar-refractivity contribution in [3.05, 3.63) is 83.8 Å². The number of para-hydroxylation sites is 1. The lowest BCUT2D eigenvalue weighted by molar-refractivity contribution is -0.274. The molecule has 0 radical (unpaired) electrons. The average molecular weight is 574 g/mol. The van der Waals surface area contributed by atoms with Gasteiger partial charge in [0.2, 0.25) is 0 Å². The highest BCUT2D eigenvalue weighted by molar-refractivity contribution is 14.0. The first-order valence-corrected chi connectivity index (χ1v) is 9.56. The van der Waals surface area contributed by atoms with E-state index in [1.54, 1.807) is 37.4 Å². The number of anilines is 1. The number of nitrogens with zero attached hydrogens (tertiary/aromatic N) is 1. The predicted molar refractivity (Wildman–Crippen MR) is 129 cm³/mol. The van der Waals surface area contributed by atoms with Crippen LogP contribution >= 0.6 is 24.0 Å². The Kier molecular flexibility index (Phi) is 9.57. The zero-order valence-electron chi connectivity index (χ0n) is 17.5. The number of benzene rings is 2. The number of alkyl halides is 3. The van der Waals surface area contributed by atoms with Gasteiger partial charge in [0.1, 0.15) is 5.75 Å². The van der Waals surface area contributed by atoms with E-state index in [2.05, 4.69) is 25.7 Å². The number of amides is 1. The number of ether oxygens (including phenoxy) is 1. The number of guanidine groups is 1. The largest absolute Gasteiger partial charge is 0.573 e. The molecule has 0 aliphatic heterocycles. The molecule has 1 heterocycles. The number of carbonyl (C=O) groups excluding carboxylic acids is 1. The van der Waals surface area contributed by atoms with Crippen molar-refractivity contribution >= 4 is 41.5 Å². The fourth-order valence-electron chi connectivity index (χ4n) is 2.77. The third-order valence-electron chi connectivity index (χ3n) is 4.28. The van der Waals surface area contributed by atoms with E-state index in [4.69, 9.17) is 4.42 Å². The van der Waals surface area contributed by atoms with Crippen molar-refractivity contribution < 1.29 is 27.1 Å². The normalized spacial score (nSPS) is 11.3. The van der Waals surface area contributed by atoms with Crippen LogP contribution < -0.4 is 20.7 Å². The minimum absolute atomic E-state index is 0. The summed E-state index contributed by atoms with van der Waals surface area (Å²) in [5, 5.41) is 8.77. The highest BCUT2D eigenvalue weighted by Gasteiger charge is 2.31. The fraction of sp³-hybridized carbons (Fsp3) is 0.182. The molecule has 0 aliphatic rings. The molecule has 176 valence electrons. The number of aliphatic imine (C=N–C) groups is 1. The van der Waals surface area contributed by atoms with Gasteiger partial charge in [-0.2, -0.15) is 0 Å². The topological polar surface area (TPSA) is 87.9 Å². The van der Waals surface area contributed by atoms with Crippen LogP contribution in [-0.4, -0.2) is 25.3 Å². The highest BCUT2D eigenvalue weighted by Crippen LogP contribution is 2.26. The molecule has 2 aromatic carbocycles. The molecule has 3 rings (SSSR count).